The van der Waals surface area contributed by atoms with Crippen LogP contribution in [0.2, 0.25) is 0 Å². The van der Waals surface area contributed by atoms with Gasteiger partial charge in [-0.15, -0.1) is 0 Å². The number of anilines is 1. The second-order valence-corrected chi connectivity index (χ2v) is 4.86. The predicted octanol–water partition coefficient (Wildman–Crippen LogP) is 2.96. The second kappa shape index (κ2) is 5.24. The summed E-state index contributed by atoms with van der Waals surface area (Å²) in [5.74, 6) is -1.37. The number of nitrogens with two attached hydrogens (primary N) is 1. The molecule has 0 radical (unpaired) electrons. The second-order valence-electron chi connectivity index (χ2n) is 3.95. The number of nitrogen functional groups attached to an aromatic ring is 1. The van der Waals surface area contributed by atoms with E-state index < -0.39 is 5.97 Å². The molecule has 2 rings (SSSR count). The van der Waals surface area contributed by atoms with E-state index in [4.69, 9.17) is 10.8 Å². The molecule has 2 aromatic carbocycles. The lowest BCUT2D eigenvalue weighted by molar-refractivity contribution is 0.0697. The molecule has 3 N–H and O–H groups in total. The van der Waals surface area contributed by atoms with Gasteiger partial charge in [0.15, 0.2) is 5.78 Å². The fourth-order valence-electron chi connectivity index (χ4n) is 1.69. The van der Waals surface area contributed by atoms with E-state index in [0.29, 0.717) is 16.8 Å². The van der Waals surface area contributed by atoms with Gasteiger partial charge in [-0.1, -0.05) is 28.1 Å². The normalized spacial score (nSPS) is 10.2. The minimum atomic E-state index is -1.07. The quantitative estimate of drug-likeness (QED) is 0.673. The molecule has 96 valence electrons. The van der Waals surface area contributed by atoms with Crippen LogP contribution in [0, 0.1) is 0 Å². The Kier molecular flexibility index (Phi) is 3.66. The van der Waals surface area contributed by atoms with Crippen LogP contribution >= 0.6 is 15.9 Å². The zero-order valence-corrected chi connectivity index (χ0v) is 11.3. The van der Waals surface area contributed by atoms with Gasteiger partial charge in [-0.25, -0.2) is 4.79 Å². The van der Waals surface area contributed by atoms with Crippen LogP contribution in [0.4, 0.5) is 5.69 Å². The zero-order valence-electron chi connectivity index (χ0n) is 9.76. The largest absolute Gasteiger partial charge is 0.478 e. The molecule has 0 saturated carbocycles. The summed E-state index contributed by atoms with van der Waals surface area (Å²) in [6.07, 6.45) is 0. The zero-order chi connectivity index (χ0) is 14.0. The maximum absolute atomic E-state index is 12.3. The smallest absolute Gasteiger partial charge is 0.335 e. The number of hydrogen-bond donors (Lipinski definition) is 2. The van der Waals surface area contributed by atoms with Crippen LogP contribution in [0.3, 0.4) is 0 Å². The number of carboxylic acid groups (broad SMARTS) is 1. The molecule has 0 fully saturated rings. The molecule has 5 heteroatoms. The Hall–Kier alpha value is -2.14. The Morgan fingerprint density at radius 1 is 1.05 bits per heavy atom. The van der Waals surface area contributed by atoms with Gasteiger partial charge in [0, 0.05) is 21.3 Å². The van der Waals surface area contributed by atoms with Crippen LogP contribution in [0.15, 0.2) is 46.9 Å². The topological polar surface area (TPSA) is 80.4 Å². The van der Waals surface area contributed by atoms with Gasteiger partial charge in [0.2, 0.25) is 0 Å². The molecule has 0 aliphatic rings. The van der Waals surface area contributed by atoms with Crippen LogP contribution in [0.25, 0.3) is 0 Å². The number of hydrogen-bond acceptors (Lipinski definition) is 3. The molecule has 0 aliphatic carbocycles. The first-order valence-electron chi connectivity index (χ1n) is 5.42. The fourth-order valence-corrected chi connectivity index (χ4v) is 2.07. The Balaban J connectivity index is 2.44. The highest BCUT2D eigenvalue weighted by Gasteiger charge is 2.14. The van der Waals surface area contributed by atoms with Gasteiger partial charge in [0.25, 0.3) is 0 Å². The Morgan fingerprint density at radius 2 is 1.74 bits per heavy atom. The summed E-state index contributed by atoms with van der Waals surface area (Å²) < 4.78 is 0.779. The van der Waals surface area contributed by atoms with Crippen molar-refractivity contribution < 1.29 is 14.7 Å². The van der Waals surface area contributed by atoms with Crippen molar-refractivity contribution >= 4 is 33.4 Å². The van der Waals surface area contributed by atoms with Gasteiger partial charge < -0.3 is 10.8 Å². The van der Waals surface area contributed by atoms with Gasteiger partial charge in [0.1, 0.15) is 0 Å². The third-order valence-corrected chi connectivity index (χ3v) is 3.12. The minimum absolute atomic E-state index is 0.0709. The van der Waals surface area contributed by atoms with Gasteiger partial charge >= 0.3 is 5.97 Å². The number of carbonyl (C=O) groups excluding carboxylic acids is 1. The lowest BCUT2D eigenvalue weighted by Gasteiger charge is -2.06. The highest BCUT2D eigenvalue weighted by atomic mass is 79.9. The molecular formula is C14H10BrNO3. The Labute approximate surface area is 118 Å². The van der Waals surface area contributed by atoms with Crippen LogP contribution in [0.1, 0.15) is 26.3 Å². The first-order valence-corrected chi connectivity index (χ1v) is 6.21. The Morgan fingerprint density at radius 3 is 2.37 bits per heavy atom. The molecule has 0 heterocycles. The average Bonchev–Trinajstić information content (AvgIpc) is 2.38. The highest BCUT2D eigenvalue weighted by molar-refractivity contribution is 9.10. The van der Waals surface area contributed by atoms with Gasteiger partial charge in [0.05, 0.1) is 5.56 Å². The third-order valence-electron chi connectivity index (χ3n) is 2.63. The maximum atomic E-state index is 12.3. The van der Waals surface area contributed by atoms with E-state index in [-0.39, 0.29) is 11.3 Å². The van der Waals surface area contributed by atoms with E-state index in [1.54, 1.807) is 24.3 Å². The maximum Gasteiger partial charge on any atom is 0.335 e. The van der Waals surface area contributed by atoms with Crippen molar-refractivity contribution in [1.82, 2.24) is 0 Å². The van der Waals surface area contributed by atoms with Crippen LogP contribution in [-0.2, 0) is 0 Å². The molecule has 4 nitrogen and oxygen atoms in total. The van der Waals surface area contributed by atoms with E-state index in [1.165, 1.54) is 18.2 Å². The summed E-state index contributed by atoms with van der Waals surface area (Å²) in [5.41, 5.74) is 6.86. The number of carbonyl (C=O) groups is 2. The van der Waals surface area contributed by atoms with E-state index in [2.05, 4.69) is 15.9 Å². The van der Waals surface area contributed by atoms with Crippen molar-refractivity contribution in [3.8, 4) is 0 Å². The summed E-state index contributed by atoms with van der Waals surface area (Å²) >= 11 is 3.26. The SMILES string of the molecule is Nc1cc(Br)ccc1C(=O)c1cccc(C(=O)O)c1. The van der Waals surface area contributed by atoms with Crippen molar-refractivity contribution in [2.24, 2.45) is 0 Å². The fraction of sp³-hybridized carbons (Fsp3) is 0. The molecule has 0 atom stereocenters. The molecule has 0 aromatic heterocycles. The van der Waals surface area contributed by atoms with Gasteiger partial charge in [-0.3, -0.25) is 4.79 Å². The van der Waals surface area contributed by atoms with Crippen molar-refractivity contribution in [2.45, 2.75) is 0 Å². The van der Waals surface area contributed by atoms with Crippen molar-refractivity contribution in [1.29, 1.82) is 0 Å². The predicted molar refractivity (Wildman–Crippen MR) is 75.4 cm³/mol. The lowest BCUT2D eigenvalue weighted by Crippen LogP contribution is -2.07. The molecule has 2 aromatic rings. The van der Waals surface area contributed by atoms with Crippen molar-refractivity contribution in [2.75, 3.05) is 5.73 Å². The van der Waals surface area contributed by atoms with E-state index in [1.807, 2.05) is 0 Å². The number of benzene rings is 2. The van der Waals surface area contributed by atoms with E-state index >= 15 is 0 Å². The molecule has 19 heavy (non-hydrogen) atoms. The number of halogens is 1. The summed E-state index contributed by atoms with van der Waals surface area (Å²) in [5, 5.41) is 8.91. The highest BCUT2D eigenvalue weighted by Crippen LogP contribution is 2.21. The molecule has 0 spiro atoms. The lowest BCUT2D eigenvalue weighted by atomic mass is 10.00. The molecular weight excluding hydrogens is 310 g/mol. The summed E-state index contributed by atoms with van der Waals surface area (Å²) in [7, 11) is 0. The van der Waals surface area contributed by atoms with Crippen molar-refractivity contribution in [3.05, 3.63) is 63.6 Å². The van der Waals surface area contributed by atoms with Gasteiger partial charge in [-0.05, 0) is 30.3 Å². The molecule has 0 aliphatic heterocycles. The number of carboxylic acids is 1. The number of aromatic carboxylic acids is 1. The first kappa shape index (κ1) is 13.3. The summed E-state index contributed by atoms with van der Waals surface area (Å²) in [6, 6.07) is 10.8. The van der Waals surface area contributed by atoms with Crippen LogP contribution in [0.5, 0.6) is 0 Å². The third kappa shape index (κ3) is 2.82. The van der Waals surface area contributed by atoms with E-state index in [9.17, 15) is 9.59 Å². The minimum Gasteiger partial charge on any atom is -0.478 e. The number of rotatable bonds is 3. The molecule has 0 unspecified atom stereocenters. The van der Waals surface area contributed by atoms with Crippen LogP contribution < -0.4 is 5.73 Å². The summed E-state index contributed by atoms with van der Waals surface area (Å²) in [4.78, 5) is 23.1. The average molecular weight is 320 g/mol. The molecule has 0 amide bonds. The molecule has 0 bridgehead atoms. The monoisotopic (exact) mass is 319 g/mol. The van der Waals surface area contributed by atoms with Gasteiger partial charge in [-0.2, -0.15) is 0 Å². The van der Waals surface area contributed by atoms with Crippen molar-refractivity contribution in [3.63, 3.8) is 0 Å². The first-order chi connectivity index (χ1) is 8.99. The molecule has 0 saturated heterocycles. The van der Waals surface area contributed by atoms with E-state index in [0.717, 1.165) is 4.47 Å². The number of ketones is 1. The standard InChI is InChI=1S/C14H10BrNO3/c15-10-4-5-11(12(16)7-10)13(17)8-2-1-3-9(6-8)14(18)19/h1-7H,16H2,(H,18,19). The Bertz CT molecular complexity index is 667. The summed E-state index contributed by atoms with van der Waals surface area (Å²) in [6.45, 7) is 0. The van der Waals surface area contributed by atoms with Crippen LogP contribution in [-0.4, -0.2) is 16.9 Å².